The third-order valence-electron chi connectivity index (χ3n) is 8.15. The van der Waals surface area contributed by atoms with Gasteiger partial charge in [-0.2, -0.15) is 0 Å². The summed E-state index contributed by atoms with van der Waals surface area (Å²) in [5.74, 6) is 0.850. The normalized spacial score (nSPS) is 16.7. The maximum Gasteiger partial charge on any atom is 0.258 e. The second kappa shape index (κ2) is 14.6. The van der Waals surface area contributed by atoms with Crippen molar-refractivity contribution in [3.63, 3.8) is 0 Å². The van der Waals surface area contributed by atoms with Crippen molar-refractivity contribution >= 4 is 29.0 Å². The summed E-state index contributed by atoms with van der Waals surface area (Å²) in [4.78, 5) is 34.0. The Balaban J connectivity index is 0.00000188. The van der Waals surface area contributed by atoms with Crippen LogP contribution in [0.1, 0.15) is 85.2 Å². The molecule has 2 aliphatic rings. The van der Waals surface area contributed by atoms with Gasteiger partial charge >= 0.3 is 0 Å². The number of amidine groups is 1. The Morgan fingerprint density at radius 1 is 0.864 bits per heavy atom. The van der Waals surface area contributed by atoms with Gasteiger partial charge in [0.15, 0.2) is 0 Å². The van der Waals surface area contributed by atoms with Gasteiger partial charge in [-0.3, -0.25) is 14.6 Å². The van der Waals surface area contributed by atoms with Crippen LogP contribution in [0.25, 0.3) is 11.1 Å². The van der Waals surface area contributed by atoms with Crippen molar-refractivity contribution in [3.8, 4) is 11.1 Å². The van der Waals surface area contributed by atoms with E-state index in [1.54, 1.807) is 24.3 Å². The highest BCUT2D eigenvalue weighted by Crippen LogP contribution is 2.38. The smallest absolute Gasteiger partial charge is 0.258 e. The lowest BCUT2D eigenvalue weighted by atomic mass is 9.99. The minimum absolute atomic E-state index is 0.0204. The molecule has 2 heterocycles. The zero-order valence-corrected chi connectivity index (χ0v) is 25.9. The highest BCUT2D eigenvalue weighted by atomic mass is 16.2. The number of amides is 2. The molecule has 44 heavy (non-hydrogen) atoms. The SMILES string of the molecule is CC.CCCCCC1=NC2c3ccccc3N(C(=O)c3ccc(NC(=O)c4ccccc4-c4ccccc4)cc3)CCC2N1. The Kier molecular flexibility index (Phi) is 10.2. The number of fused-ring (bicyclic) bond motifs is 3. The van der Waals surface area contributed by atoms with Crippen LogP contribution in [0.4, 0.5) is 11.4 Å². The summed E-state index contributed by atoms with van der Waals surface area (Å²) in [6.45, 7) is 6.82. The van der Waals surface area contributed by atoms with Crippen molar-refractivity contribution in [2.45, 2.75) is 65.0 Å². The predicted molar refractivity (Wildman–Crippen MR) is 182 cm³/mol. The number of hydrogen-bond donors (Lipinski definition) is 2. The van der Waals surface area contributed by atoms with E-state index in [1.807, 2.05) is 91.5 Å². The van der Waals surface area contributed by atoms with Crippen LogP contribution in [-0.4, -0.2) is 30.2 Å². The monoisotopic (exact) mass is 586 g/mol. The summed E-state index contributed by atoms with van der Waals surface area (Å²) in [6.07, 6.45) is 5.34. The van der Waals surface area contributed by atoms with Crippen LogP contribution in [-0.2, 0) is 0 Å². The van der Waals surface area contributed by atoms with E-state index in [4.69, 9.17) is 4.99 Å². The van der Waals surface area contributed by atoms with E-state index in [-0.39, 0.29) is 23.9 Å². The molecule has 226 valence electrons. The molecule has 6 nitrogen and oxygen atoms in total. The predicted octanol–water partition coefficient (Wildman–Crippen LogP) is 8.67. The number of hydrogen-bond acceptors (Lipinski definition) is 4. The van der Waals surface area contributed by atoms with Crippen molar-refractivity contribution in [1.29, 1.82) is 0 Å². The Morgan fingerprint density at radius 3 is 2.34 bits per heavy atom. The summed E-state index contributed by atoms with van der Waals surface area (Å²) in [5, 5.41) is 6.66. The minimum Gasteiger partial charge on any atom is -0.369 e. The first kappa shape index (κ1) is 30.7. The molecule has 6 heteroatoms. The molecule has 4 aromatic carbocycles. The maximum absolute atomic E-state index is 13.8. The number of unbranched alkanes of at least 4 members (excludes halogenated alkanes) is 2. The Hall–Kier alpha value is -4.71. The first-order chi connectivity index (χ1) is 21.6. The topological polar surface area (TPSA) is 73.8 Å². The molecule has 2 atom stereocenters. The van der Waals surface area contributed by atoms with Gasteiger partial charge in [0.1, 0.15) is 0 Å². The number of carbonyl (C=O) groups is 2. The Morgan fingerprint density at radius 2 is 1.57 bits per heavy atom. The molecule has 4 aromatic rings. The average molecular weight is 587 g/mol. The molecular formula is C38H42N4O2. The van der Waals surface area contributed by atoms with Gasteiger partial charge < -0.3 is 15.5 Å². The first-order valence-electron chi connectivity index (χ1n) is 15.9. The van der Waals surface area contributed by atoms with E-state index < -0.39 is 0 Å². The summed E-state index contributed by atoms with van der Waals surface area (Å²) in [5.41, 5.74) is 5.69. The van der Waals surface area contributed by atoms with E-state index >= 15 is 0 Å². The molecule has 0 bridgehead atoms. The first-order valence-corrected chi connectivity index (χ1v) is 15.9. The number of benzene rings is 4. The largest absolute Gasteiger partial charge is 0.369 e. The molecule has 2 aliphatic heterocycles. The van der Waals surface area contributed by atoms with Gasteiger partial charge in [0, 0.05) is 41.0 Å². The quantitative estimate of drug-likeness (QED) is 0.203. The van der Waals surface area contributed by atoms with Crippen LogP contribution in [0, 0.1) is 0 Å². The molecule has 0 spiro atoms. The molecule has 2 amide bonds. The fraction of sp³-hybridized carbons (Fsp3) is 0.289. The molecule has 2 unspecified atom stereocenters. The van der Waals surface area contributed by atoms with Crippen molar-refractivity contribution < 1.29 is 9.59 Å². The zero-order valence-electron chi connectivity index (χ0n) is 25.9. The summed E-state index contributed by atoms with van der Waals surface area (Å²) in [6, 6.07) is 33.0. The molecule has 0 saturated carbocycles. The zero-order chi connectivity index (χ0) is 30.9. The number of para-hydroxylation sites is 1. The van der Waals surface area contributed by atoms with Crippen LogP contribution in [0.3, 0.4) is 0 Å². The summed E-state index contributed by atoms with van der Waals surface area (Å²) >= 11 is 0. The van der Waals surface area contributed by atoms with E-state index in [9.17, 15) is 9.59 Å². The third kappa shape index (κ3) is 6.75. The summed E-state index contributed by atoms with van der Waals surface area (Å²) in [7, 11) is 0. The van der Waals surface area contributed by atoms with Crippen molar-refractivity contribution in [3.05, 3.63) is 120 Å². The van der Waals surface area contributed by atoms with Crippen LogP contribution in [0.5, 0.6) is 0 Å². The third-order valence-corrected chi connectivity index (χ3v) is 8.15. The van der Waals surface area contributed by atoms with Gasteiger partial charge in [-0.1, -0.05) is 100 Å². The minimum atomic E-state index is -0.191. The van der Waals surface area contributed by atoms with Gasteiger partial charge in [0.05, 0.1) is 17.9 Å². The Bertz CT molecular complexity index is 1600. The van der Waals surface area contributed by atoms with Gasteiger partial charge in [-0.15, -0.1) is 0 Å². The van der Waals surface area contributed by atoms with Crippen LogP contribution < -0.4 is 15.5 Å². The highest BCUT2D eigenvalue weighted by Gasteiger charge is 2.36. The highest BCUT2D eigenvalue weighted by molar-refractivity contribution is 6.10. The van der Waals surface area contributed by atoms with E-state index in [2.05, 4.69) is 23.6 Å². The molecule has 6 rings (SSSR count). The number of aliphatic imine (C=N–C) groups is 1. The molecule has 0 saturated heterocycles. The molecular weight excluding hydrogens is 544 g/mol. The Labute approximate surface area is 261 Å². The number of anilines is 2. The van der Waals surface area contributed by atoms with E-state index in [1.165, 1.54) is 12.8 Å². The number of carbonyl (C=O) groups excluding carboxylic acids is 2. The van der Waals surface area contributed by atoms with Gasteiger partial charge in [0.2, 0.25) is 0 Å². The second-order valence-electron chi connectivity index (χ2n) is 11.0. The van der Waals surface area contributed by atoms with Gasteiger partial charge in [-0.05, 0) is 60.4 Å². The van der Waals surface area contributed by atoms with Crippen LogP contribution >= 0.6 is 0 Å². The van der Waals surface area contributed by atoms with E-state index in [0.717, 1.165) is 47.5 Å². The van der Waals surface area contributed by atoms with Crippen molar-refractivity contribution in [2.24, 2.45) is 4.99 Å². The standard InChI is InChI=1S/C36H36N4O2.C2H6/c1-2-3-5-18-33-38-31-23-24-40(32-17-11-10-16-30(32)34(31)39-33)36(42)26-19-21-27(22-20-26)37-35(41)29-15-9-8-14-28(29)25-12-6-4-7-13-25;1-2/h4,6-17,19-22,31,34H,2-3,5,18,23-24H2,1H3,(H,37,41)(H,38,39);1-2H3. The van der Waals surface area contributed by atoms with Crippen LogP contribution in [0.15, 0.2) is 108 Å². The fourth-order valence-electron chi connectivity index (χ4n) is 5.97. The van der Waals surface area contributed by atoms with Gasteiger partial charge in [0.25, 0.3) is 11.8 Å². The maximum atomic E-state index is 13.8. The van der Waals surface area contributed by atoms with Gasteiger partial charge in [-0.25, -0.2) is 0 Å². The lowest BCUT2D eigenvalue weighted by molar-refractivity contribution is 0.0985. The van der Waals surface area contributed by atoms with Crippen LogP contribution in [0.2, 0.25) is 0 Å². The molecule has 0 aliphatic carbocycles. The molecule has 0 radical (unpaired) electrons. The molecule has 0 fully saturated rings. The molecule has 2 N–H and O–H groups in total. The van der Waals surface area contributed by atoms with E-state index in [0.29, 0.717) is 23.4 Å². The number of rotatable bonds is 8. The summed E-state index contributed by atoms with van der Waals surface area (Å²) < 4.78 is 0. The fourth-order valence-corrected chi connectivity index (χ4v) is 5.97. The average Bonchev–Trinajstić information content (AvgIpc) is 3.42. The van der Waals surface area contributed by atoms with Crippen molar-refractivity contribution in [2.75, 3.05) is 16.8 Å². The second-order valence-corrected chi connectivity index (χ2v) is 11.0. The number of nitrogens with zero attached hydrogens (tertiary/aromatic N) is 2. The lowest BCUT2D eigenvalue weighted by Crippen LogP contribution is -2.35. The lowest BCUT2D eigenvalue weighted by Gasteiger charge is -2.23. The molecule has 0 aromatic heterocycles. The number of nitrogens with one attached hydrogen (secondary N) is 2. The van der Waals surface area contributed by atoms with Crippen molar-refractivity contribution in [1.82, 2.24) is 5.32 Å².